The van der Waals surface area contributed by atoms with E-state index in [0.717, 1.165) is 0 Å². The molecule has 0 heterocycles. The van der Waals surface area contributed by atoms with Gasteiger partial charge in [-0.3, -0.25) is 4.79 Å². The summed E-state index contributed by atoms with van der Waals surface area (Å²) in [5.74, 6) is -1.16. The monoisotopic (exact) mass is 237 g/mol. The molecule has 92 valence electrons. The Bertz CT molecular complexity index is 403. The fraction of sp³-hybridized carbons (Fsp3) is 0.333. The fourth-order valence-corrected chi connectivity index (χ4v) is 1.33. The third-order valence-electron chi connectivity index (χ3n) is 2.15. The van der Waals surface area contributed by atoms with Crippen LogP contribution in [0.1, 0.15) is 23.2 Å². The summed E-state index contributed by atoms with van der Waals surface area (Å²) in [7, 11) is 1.58. The molecule has 0 bridgehead atoms. The molecular weight excluding hydrogens is 222 g/mol. The van der Waals surface area contributed by atoms with E-state index in [2.05, 4.69) is 5.32 Å². The number of benzene rings is 1. The second kappa shape index (κ2) is 6.65. The van der Waals surface area contributed by atoms with Crippen LogP contribution in [-0.4, -0.2) is 30.7 Å². The first-order valence-corrected chi connectivity index (χ1v) is 5.25. The molecule has 0 aliphatic carbocycles. The molecule has 1 aromatic rings. The highest BCUT2D eigenvalue weighted by atomic mass is 16.5. The van der Waals surface area contributed by atoms with Gasteiger partial charge in [-0.1, -0.05) is 6.07 Å². The highest BCUT2D eigenvalue weighted by Crippen LogP contribution is 2.11. The van der Waals surface area contributed by atoms with Crippen LogP contribution in [0.5, 0.6) is 0 Å². The number of carboxylic acid groups (broad SMARTS) is 1. The predicted molar refractivity (Wildman–Crippen MR) is 63.1 cm³/mol. The molecule has 0 unspecified atom stereocenters. The van der Waals surface area contributed by atoms with Gasteiger partial charge in [0.05, 0.1) is 5.56 Å². The molecule has 0 spiro atoms. The zero-order valence-electron chi connectivity index (χ0n) is 9.60. The Morgan fingerprint density at radius 2 is 2.18 bits per heavy atom. The van der Waals surface area contributed by atoms with Crippen LogP contribution in [-0.2, 0) is 9.53 Å². The minimum atomic E-state index is -1.01. The highest BCUT2D eigenvalue weighted by molar-refractivity contribution is 5.93. The van der Waals surface area contributed by atoms with Crippen molar-refractivity contribution >= 4 is 17.6 Å². The first kappa shape index (κ1) is 13.2. The van der Waals surface area contributed by atoms with Gasteiger partial charge in [-0.2, -0.15) is 0 Å². The van der Waals surface area contributed by atoms with E-state index in [1.54, 1.807) is 19.2 Å². The van der Waals surface area contributed by atoms with Crippen molar-refractivity contribution in [2.24, 2.45) is 0 Å². The Hall–Kier alpha value is -1.88. The smallest absolute Gasteiger partial charge is 0.335 e. The first-order valence-electron chi connectivity index (χ1n) is 5.25. The number of anilines is 1. The molecule has 0 saturated carbocycles. The average Bonchev–Trinajstić information content (AvgIpc) is 2.29. The lowest BCUT2D eigenvalue weighted by Gasteiger charge is -2.05. The topological polar surface area (TPSA) is 75.6 Å². The number of methoxy groups -OCH3 is 1. The van der Waals surface area contributed by atoms with Gasteiger partial charge in [0.1, 0.15) is 0 Å². The maximum Gasteiger partial charge on any atom is 0.335 e. The number of hydrogen-bond acceptors (Lipinski definition) is 3. The van der Waals surface area contributed by atoms with Crippen LogP contribution in [0.4, 0.5) is 5.69 Å². The van der Waals surface area contributed by atoms with Crippen LogP contribution in [0.3, 0.4) is 0 Å². The zero-order valence-corrected chi connectivity index (χ0v) is 9.60. The number of amides is 1. The van der Waals surface area contributed by atoms with E-state index in [4.69, 9.17) is 9.84 Å². The van der Waals surface area contributed by atoms with Crippen LogP contribution in [0.2, 0.25) is 0 Å². The predicted octanol–water partition coefficient (Wildman–Crippen LogP) is 1.75. The first-order chi connectivity index (χ1) is 8.13. The molecule has 0 saturated heterocycles. The minimum absolute atomic E-state index is 0.149. The molecule has 5 nitrogen and oxygen atoms in total. The van der Waals surface area contributed by atoms with Crippen molar-refractivity contribution in [2.75, 3.05) is 19.0 Å². The molecule has 0 aromatic heterocycles. The Morgan fingerprint density at radius 3 is 2.82 bits per heavy atom. The number of nitrogens with one attached hydrogen (secondary N) is 1. The number of rotatable bonds is 6. The summed E-state index contributed by atoms with van der Waals surface area (Å²) in [6, 6.07) is 6.15. The molecule has 1 rings (SSSR count). The van der Waals surface area contributed by atoms with Crippen LogP contribution in [0, 0.1) is 0 Å². The van der Waals surface area contributed by atoms with Gasteiger partial charge in [-0.05, 0) is 24.6 Å². The molecule has 0 radical (unpaired) electrons. The minimum Gasteiger partial charge on any atom is -0.478 e. The number of hydrogen-bond donors (Lipinski definition) is 2. The van der Waals surface area contributed by atoms with E-state index < -0.39 is 5.97 Å². The van der Waals surface area contributed by atoms with Crippen LogP contribution < -0.4 is 5.32 Å². The van der Waals surface area contributed by atoms with Gasteiger partial charge >= 0.3 is 5.97 Å². The quantitative estimate of drug-likeness (QED) is 0.739. The van der Waals surface area contributed by atoms with E-state index in [1.165, 1.54) is 12.1 Å². The number of carbonyl (C=O) groups excluding carboxylic acids is 1. The summed E-state index contributed by atoms with van der Waals surface area (Å²) in [4.78, 5) is 22.2. The van der Waals surface area contributed by atoms with Gasteiger partial charge in [0.25, 0.3) is 0 Å². The fourth-order valence-electron chi connectivity index (χ4n) is 1.33. The number of ether oxygens (including phenoxy) is 1. The second-order valence-corrected chi connectivity index (χ2v) is 3.53. The number of carboxylic acids is 1. The van der Waals surface area contributed by atoms with Crippen molar-refractivity contribution in [2.45, 2.75) is 12.8 Å². The van der Waals surface area contributed by atoms with Gasteiger partial charge in [0.15, 0.2) is 0 Å². The maximum absolute atomic E-state index is 11.5. The number of aromatic carboxylic acids is 1. The summed E-state index contributed by atoms with van der Waals surface area (Å²) in [5.41, 5.74) is 0.645. The van der Waals surface area contributed by atoms with Gasteiger partial charge in [-0.15, -0.1) is 0 Å². The maximum atomic E-state index is 11.5. The SMILES string of the molecule is COCCCC(=O)Nc1cccc(C(=O)O)c1. The molecular formula is C12H15NO4. The van der Waals surface area contributed by atoms with Crippen LogP contribution >= 0.6 is 0 Å². The lowest BCUT2D eigenvalue weighted by atomic mass is 10.2. The molecule has 17 heavy (non-hydrogen) atoms. The molecule has 1 aromatic carbocycles. The highest BCUT2D eigenvalue weighted by Gasteiger charge is 2.05. The van der Waals surface area contributed by atoms with E-state index >= 15 is 0 Å². The standard InChI is InChI=1S/C12H15NO4/c1-17-7-3-6-11(14)13-10-5-2-4-9(8-10)12(15)16/h2,4-5,8H,3,6-7H2,1H3,(H,13,14)(H,15,16). The van der Waals surface area contributed by atoms with Gasteiger partial charge in [0.2, 0.25) is 5.91 Å². The summed E-state index contributed by atoms with van der Waals surface area (Å²) >= 11 is 0. The Balaban J connectivity index is 2.53. The van der Waals surface area contributed by atoms with Crippen molar-refractivity contribution in [3.8, 4) is 0 Å². The van der Waals surface area contributed by atoms with Crippen molar-refractivity contribution in [3.05, 3.63) is 29.8 Å². The van der Waals surface area contributed by atoms with Crippen LogP contribution in [0.25, 0.3) is 0 Å². The lowest BCUT2D eigenvalue weighted by Crippen LogP contribution is -2.12. The Labute approximate surface area is 99.4 Å². The lowest BCUT2D eigenvalue weighted by molar-refractivity contribution is -0.116. The summed E-state index contributed by atoms with van der Waals surface area (Å²) in [5, 5.41) is 11.4. The summed E-state index contributed by atoms with van der Waals surface area (Å²) in [6.07, 6.45) is 0.992. The van der Waals surface area contributed by atoms with E-state index in [9.17, 15) is 9.59 Å². The molecule has 1 amide bonds. The third-order valence-corrected chi connectivity index (χ3v) is 2.15. The van der Waals surface area contributed by atoms with E-state index in [1.807, 2.05) is 0 Å². The van der Waals surface area contributed by atoms with Gasteiger partial charge < -0.3 is 15.2 Å². The largest absolute Gasteiger partial charge is 0.478 e. The van der Waals surface area contributed by atoms with E-state index in [0.29, 0.717) is 25.1 Å². The van der Waals surface area contributed by atoms with Gasteiger partial charge in [0, 0.05) is 25.8 Å². The second-order valence-electron chi connectivity index (χ2n) is 3.53. The molecule has 0 atom stereocenters. The van der Waals surface area contributed by atoms with Crippen LogP contribution in [0.15, 0.2) is 24.3 Å². The summed E-state index contributed by atoms with van der Waals surface area (Å²) in [6.45, 7) is 0.530. The van der Waals surface area contributed by atoms with Crippen molar-refractivity contribution in [1.82, 2.24) is 0 Å². The Morgan fingerprint density at radius 1 is 1.41 bits per heavy atom. The van der Waals surface area contributed by atoms with Crippen molar-refractivity contribution < 1.29 is 19.4 Å². The zero-order chi connectivity index (χ0) is 12.7. The van der Waals surface area contributed by atoms with Crippen molar-refractivity contribution in [1.29, 1.82) is 0 Å². The number of carbonyl (C=O) groups is 2. The van der Waals surface area contributed by atoms with Crippen molar-refractivity contribution in [3.63, 3.8) is 0 Å². The van der Waals surface area contributed by atoms with Gasteiger partial charge in [-0.25, -0.2) is 4.79 Å². The molecule has 0 fully saturated rings. The third kappa shape index (κ3) is 4.65. The summed E-state index contributed by atoms with van der Waals surface area (Å²) < 4.78 is 4.84. The van der Waals surface area contributed by atoms with E-state index in [-0.39, 0.29) is 11.5 Å². The molecule has 5 heteroatoms. The molecule has 0 aliphatic rings. The molecule has 2 N–H and O–H groups in total. The molecule has 0 aliphatic heterocycles. The Kier molecular flexibility index (Phi) is 5.16. The normalized spacial score (nSPS) is 9.94. The average molecular weight is 237 g/mol.